The maximum absolute atomic E-state index is 5.02. The maximum Gasteiger partial charge on any atom is 0.0270 e. The SMILES string of the molecule is C#CCC=CC=C(C)C. The Hall–Kier alpha value is -0.960. The molecule has 0 heterocycles. The first-order valence-electron chi connectivity index (χ1n) is 3.01. The van der Waals surface area contributed by atoms with Crippen LogP contribution in [-0.2, 0) is 0 Å². The first-order valence-corrected chi connectivity index (χ1v) is 3.01. The molecule has 0 N–H and O–H groups in total. The van der Waals surface area contributed by atoms with E-state index >= 15 is 0 Å². The minimum atomic E-state index is 0.726. The third-order valence-electron chi connectivity index (χ3n) is 0.801. The third kappa shape index (κ3) is 7.04. The van der Waals surface area contributed by atoms with Crippen LogP contribution in [0, 0.1) is 12.3 Å². The molecule has 0 aliphatic carbocycles. The molecule has 0 amide bonds. The van der Waals surface area contributed by atoms with E-state index in [1.54, 1.807) is 0 Å². The van der Waals surface area contributed by atoms with Crippen molar-refractivity contribution in [2.45, 2.75) is 20.3 Å². The van der Waals surface area contributed by atoms with Gasteiger partial charge in [0.2, 0.25) is 0 Å². The lowest BCUT2D eigenvalue weighted by Crippen LogP contribution is -1.59. The van der Waals surface area contributed by atoms with Crippen LogP contribution in [0.4, 0.5) is 0 Å². The van der Waals surface area contributed by atoms with Crippen molar-refractivity contribution in [2.75, 3.05) is 0 Å². The molecule has 0 saturated carbocycles. The predicted octanol–water partition coefficient (Wildman–Crippen LogP) is 2.53. The van der Waals surface area contributed by atoms with Gasteiger partial charge in [-0.05, 0) is 13.8 Å². The summed E-state index contributed by atoms with van der Waals surface area (Å²) >= 11 is 0. The molecule has 0 rings (SSSR count). The minimum Gasteiger partial charge on any atom is -0.120 e. The summed E-state index contributed by atoms with van der Waals surface area (Å²) < 4.78 is 0. The van der Waals surface area contributed by atoms with Gasteiger partial charge in [-0.15, -0.1) is 12.3 Å². The summed E-state index contributed by atoms with van der Waals surface area (Å²) in [6.45, 7) is 4.11. The highest BCUT2D eigenvalue weighted by Crippen LogP contribution is 1.89. The zero-order valence-electron chi connectivity index (χ0n) is 6.02. The van der Waals surface area contributed by atoms with Crippen molar-refractivity contribution < 1.29 is 0 Å². The summed E-state index contributed by atoms with van der Waals surface area (Å²) in [6.07, 6.45) is 11.7. The molecule has 0 radical (unpaired) electrons. The summed E-state index contributed by atoms with van der Waals surface area (Å²) in [7, 11) is 0. The standard InChI is InChI=1S/C9H12/c1-4-5-6-7-8-9(2)3/h1,6-8H,5H2,2-3H3. The van der Waals surface area contributed by atoms with E-state index in [0.29, 0.717) is 0 Å². The van der Waals surface area contributed by atoms with Gasteiger partial charge in [-0.2, -0.15) is 0 Å². The molecule has 0 aliphatic rings. The van der Waals surface area contributed by atoms with Crippen molar-refractivity contribution in [3.63, 3.8) is 0 Å². The van der Waals surface area contributed by atoms with E-state index in [-0.39, 0.29) is 0 Å². The van der Waals surface area contributed by atoms with Crippen LogP contribution in [0.2, 0.25) is 0 Å². The lowest BCUT2D eigenvalue weighted by molar-refractivity contribution is 1.38. The van der Waals surface area contributed by atoms with Crippen LogP contribution in [0.3, 0.4) is 0 Å². The van der Waals surface area contributed by atoms with E-state index in [2.05, 4.69) is 19.8 Å². The molecule has 0 aromatic carbocycles. The highest BCUT2D eigenvalue weighted by Gasteiger charge is 1.69. The highest BCUT2D eigenvalue weighted by molar-refractivity contribution is 5.10. The molecule has 0 aromatic rings. The Balaban J connectivity index is 3.51. The van der Waals surface area contributed by atoms with E-state index in [1.165, 1.54) is 5.57 Å². The lowest BCUT2D eigenvalue weighted by atomic mass is 10.3. The second-order valence-corrected chi connectivity index (χ2v) is 2.08. The average molecular weight is 120 g/mol. The Bertz CT molecular complexity index is 149. The van der Waals surface area contributed by atoms with Crippen molar-refractivity contribution in [3.05, 3.63) is 23.8 Å². The van der Waals surface area contributed by atoms with Gasteiger partial charge in [-0.1, -0.05) is 23.8 Å². The number of terminal acetylenes is 1. The first kappa shape index (κ1) is 8.04. The van der Waals surface area contributed by atoms with Crippen molar-refractivity contribution in [1.29, 1.82) is 0 Å². The Morgan fingerprint density at radius 2 is 2.22 bits per heavy atom. The van der Waals surface area contributed by atoms with E-state index in [4.69, 9.17) is 6.42 Å². The van der Waals surface area contributed by atoms with Gasteiger partial charge in [-0.25, -0.2) is 0 Å². The minimum absolute atomic E-state index is 0.726. The van der Waals surface area contributed by atoms with Gasteiger partial charge >= 0.3 is 0 Å². The molecule has 0 saturated heterocycles. The Morgan fingerprint density at radius 1 is 1.56 bits per heavy atom. The molecular weight excluding hydrogens is 108 g/mol. The molecule has 0 aromatic heterocycles. The van der Waals surface area contributed by atoms with E-state index in [1.807, 2.05) is 18.2 Å². The van der Waals surface area contributed by atoms with E-state index in [0.717, 1.165) is 6.42 Å². The second kappa shape index (κ2) is 5.18. The van der Waals surface area contributed by atoms with Gasteiger partial charge in [0.1, 0.15) is 0 Å². The summed E-state index contributed by atoms with van der Waals surface area (Å²) in [5.74, 6) is 2.53. The summed E-state index contributed by atoms with van der Waals surface area (Å²) in [5.41, 5.74) is 1.29. The summed E-state index contributed by atoms with van der Waals surface area (Å²) in [5, 5.41) is 0. The van der Waals surface area contributed by atoms with Gasteiger partial charge in [-0.3, -0.25) is 0 Å². The molecule has 0 bridgehead atoms. The molecule has 0 nitrogen and oxygen atoms in total. The smallest absolute Gasteiger partial charge is 0.0270 e. The van der Waals surface area contributed by atoms with Crippen molar-refractivity contribution in [1.82, 2.24) is 0 Å². The Morgan fingerprint density at radius 3 is 2.67 bits per heavy atom. The number of hydrogen-bond donors (Lipinski definition) is 0. The Kier molecular flexibility index (Phi) is 4.63. The second-order valence-electron chi connectivity index (χ2n) is 2.08. The molecule has 0 heteroatoms. The van der Waals surface area contributed by atoms with E-state index in [9.17, 15) is 0 Å². The van der Waals surface area contributed by atoms with Crippen molar-refractivity contribution in [2.24, 2.45) is 0 Å². The summed E-state index contributed by atoms with van der Waals surface area (Å²) in [4.78, 5) is 0. The van der Waals surface area contributed by atoms with Crippen LogP contribution in [0.1, 0.15) is 20.3 Å². The fourth-order valence-corrected chi connectivity index (χ4v) is 0.397. The van der Waals surface area contributed by atoms with Gasteiger partial charge < -0.3 is 0 Å². The zero-order chi connectivity index (χ0) is 7.11. The molecule has 9 heavy (non-hydrogen) atoms. The van der Waals surface area contributed by atoms with Crippen LogP contribution in [0.5, 0.6) is 0 Å². The lowest BCUT2D eigenvalue weighted by Gasteiger charge is -1.80. The number of rotatable bonds is 2. The molecule has 0 aliphatic heterocycles. The van der Waals surface area contributed by atoms with Gasteiger partial charge in [0.15, 0.2) is 0 Å². The molecule has 0 spiro atoms. The van der Waals surface area contributed by atoms with Crippen molar-refractivity contribution >= 4 is 0 Å². The topological polar surface area (TPSA) is 0 Å². The molecule has 48 valence electrons. The van der Waals surface area contributed by atoms with E-state index < -0.39 is 0 Å². The third-order valence-corrected chi connectivity index (χ3v) is 0.801. The molecular formula is C9H12. The van der Waals surface area contributed by atoms with Gasteiger partial charge in [0.25, 0.3) is 0 Å². The molecule has 0 unspecified atom stereocenters. The summed E-state index contributed by atoms with van der Waals surface area (Å²) in [6, 6.07) is 0. The van der Waals surface area contributed by atoms with Gasteiger partial charge in [0, 0.05) is 6.42 Å². The van der Waals surface area contributed by atoms with Crippen LogP contribution >= 0.6 is 0 Å². The van der Waals surface area contributed by atoms with Crippen LogP contribution in [0.25, 0.3) is 0 Å². The maximum atomic E-state index is 5.02. The number of hydrogen-bond acceptors (Lipinski definition) is 0. The van der Waals surface area contributed by atoms with Gasteiger partial charge in [0.05, 0.1) is 0 Å². The molecule has 0 atom stereocenters. The number of allylic oxidation sites excluding steroid dienone is 4. The zero-order valence-corrected chi connectivity index (χ0v) is 6.02. The largest absolute Gasteiger partial charge is 0.120 e. The quantitative estimate of drug-likeness (QED) is 0.388. The predicted molar refractivity (Wildman–Crippen MR) is 42.0 cm³/mol. The van der Waals surface area contributed by atoms with Crippen LogP contribution in [0.15, 0.2) is 23.8 Å². The molecule has 0 fully saturated rings. The fraction of sp³-hybridized carbons (Fsp3) is 0.333. The fourth-order valence-electron chi connectivity index (χ4n) is 0.397. The normalized spacial score (nSPS) is 9.00. The van der Waals surface area contributed by atoms with Crippen LogP contribution in [-0.4, -0.2) is 0 Å². The van der Waals surface area contributed by atoms with Crippen molar-refractivity contribution in [3.8, 4) is 12.3 Å². The average Bonchev–Trinajstić information content (AvgIpc) is 1.80. The monoisotopic (exact) mass is 120 g/mol. The van der Waals surface area contributed by atoms with Crippen LogP contribution < -0.4 is 0 Å². The Labute approximate surface area is 57.3 Å². The first-order chi connectivity index (χ1) is 4.27. The highest BCUT2D eigenvalue weighted by atomic mass is 13.8.